The summed E-state index contributed by atoms with van der Waals surface area (Å²) in [5.41, 5.74) is -1.11. The van der Waals surface area contributed by atoms with Gasteiger partial charge in [-0.2, -0.15) is 0 Å². The zero-order chi connectivity index (χ0) is 16.5. The Labute approximate surface area is 128 Å². The highest BCUT2D eigenvalue weighted by Crippen LogP contribution is 2.44. The Balaban J connectivity index is 2.27. The average molecular weight is 313 g/mol. The van der Waals surface area contributed by atoms with Gasteiger partial charge in [-0.3, -0.25) is 4.90 Å². The summed E-state index contributed by atoms with van der Waals surface area (Å²) in [4.78, 5) is 12.9. The van der Waals surface area contributed by atoms with Crippen molar-refractivity contribution in [3.05, 3.63) is 29.8 Å². The third-order valence-corrected chi connectivity index (χ3v) is 4.48. The van der Waals surface area contributed by atoms with E-state index in [9.17, 15) is 18.7 Å². The minimum atomic E-state index is -1.00. The highest BCUT2D eigenvalue weighted by molar-refractivity contribution is 5.67. The molecule has 1 aliphatic rings. The number of rotatable bonds is 3. The van der Waals surface area contributed by atoms with Crippen molar-refractivity contribution in [1.29, 1.82) is 0 Å². The lowest BCUT2D eigenvalue weighted by Crippen LogP contribution is -2.58. The van der Waals surface area contributed by atoms with Crippen LogP contribution in [0.4, 0.5) is 13.6 Å². The van der Waals surface area contributed by atoms with E-state index in [-0.39, 0.29) is 17.8 Å². The van der Waals surface area contributed by atoms with Crippen LogP contribution in [0.3, 0.4) is 0 Å². The molecule has 0 bridgehead atoms. The highest BCUT2D eigenvalue weighted by Gasteiger charge is 2.52. The minimum absolute atomic E-state index is 0.0331. The molecule has 1 amide bonds. The molecule has 1 aromatic carbocycles. The first-order valence-corrected chi connectivity index (χ1v) is 7.26. The molecule has 1 saturated heterocycles. The molecule has 1 aromatic rings. The molecule has 0 aliphatic carbocycles. The molecule has 0 radical (unpaired) electrons. The summed E-state index contributed by atoms with van der Waals surface area (Å²) < 4.78 is 32.2. The van der Waals surface area contributed by atoms with Crippen LogP contribution in [-0.2, 0) is 0 Å². The summed E-state index contributed by atoms with van der Waals surface area (Å²) in [7, 11) is 0. The number of halogens is 2. The minimum Gasteiger partial charge on any atom is -0.488 e. The van der Waals surface area contributed by atoms with Gasteiger partial charge in [0.1, 0.15) is 12.4 Å². The normalized spacial score (nSPS) is 22.0. The van der Waals surface area contributed by atoms with E-state index in [0.717, 1.165) is 18.6 Å². The Morgan fingerprint density at radius 1 is 1.41 bits per heavy atom. The zero-order valence-corrected chi connectivity index (χ0v) is 13.0. The van der Waals surface area contributed by atoms with Gasteiger partial charge in [0.05, 0.1) is 5.54 Å². The largest absolute Gasteiger partial charge is 0.488 e. The van der Waals surface area contributed by atoms with Gasteiger partial charge in [0.2, 0.25) is 0 Å². The molecule has 1 unspecified atom stereocenters. The zero-order valence-electron chi connectivity index (χ0n) is 13.0. The second kappa shape index (κ2) is 5.74. The Morgan fingerprint density at radius 3 is 2.64 bits per heavy atom. The molecule has 2 rings (SSSR count). The van der Waals surface area contributed by atoms with Gasteiger partial charge >= 0.3 is 6.09 Å². The van der Waals surface area contributed by atoms with Gasteiger partial charge in [-0.25, -0.2) is 13.6 Å². The monoisotopic (exact) mass is 313 g/mol. The van der Waals surface area contributed by atoms with Gasteiger partial charge in [-0.15, -0.1) is 0 Å². The summed E-state index contributed by atoms with van der Waals surface area (Å²) in [5.74, 6) is -1.53. The SMILES string of the molecule is CC(C)(C)C1(COc2ccc(F)cc2F)CCCN1C(=O)O. The van der Waals surface area contributed by atoms with Crippen LogP contribution in [0.2, 0.25) is 0 Å². The van der Waals surface area contributed by atoms with Crippen molar-refractivity contribution in [1.82, 2.24) is 4.90 Å². The van der Waals surface area contributed by atoms with Crippen molar-refractivity contribution < 1.29 is 23.4 Å². The Morgan fingerprint density at radius 2 is 2.09 bits per heavy atom. The molecule has 1 N–H and O–H groups in total. The lowest BCUT2D eigenvalue weighted by atomic mass is 9.72. The third kappa shape index (κ3) is 2.87. The van der Waals surface area contributed by atoms with Crippen LogP contribution in [0, 0.1) is 17.0 Å². The standard InChI is InChI=1S/C16H21F2NO3/c1-15(2,3)16(7-4-8-19(16)14(20)21)10-22-13-6-5-11(17)9-12(13)18/h5-6,9H,4,7-8,10H2,1-3H3,(H,20,21). The fourth-order valence-corrected chi connectivity index (χ4v) is 3.09. The van der Waals surface area contributed by atoms with Crippen molar-refractivity contribution in [2.45, 2.75) is 39.2 Å². The Kier molecular flexibility index (Phi) is 4.31. The van der Waals surface area contributed by atoms with E-state index in [2.05, 4.69) is 0 Å². The molecule has 1 aliphatic heterocycles. The molecule has 1 atom stereocenters. The van der Waals surface area contributed by atoms with E-state index in [4.69, 9.17) is 4.74 Å². The van der Waals surface area contributed by atoms with E-state index in [1.807, 2.05) is 20.8 Å². The van der Waals surface area contributed by atoms with Crippen LogP contribution < -0.4 is 4.74 Å². The van der Waals surface area contributed by atoms with Crippen molar-refractivity contribution in [2.24, 2.45) is 5.41 Å². The molecule has 1 fully saturated rings. The number of benzene rings is 1. The maximum absolute atomic E-state index is 13.7. The van der Waals surface area contributed by atoms with Gasteiger partial charge < -0.3 is 9.84 Å². The van der Waals surface area contributed by atoms with Gasteiger partial charge in [0, 0.05) is 12.6 Å². The van der Waals surface area contributed by atoms with Crippen molar-refractivity contribution >= 4 is 6.09 Å². The molecular formula is C16H21F2NO3. The molecule has 0 spiro atoms. The van der Waals surface area contributed by atoms with Crippen LogP contribution >= 0.6 is 0 Å². The second-order valence-corrected chi connectivity index (χ2v) is 6.68. The number of amides is 1. The van der Waals surface area contributed by atoms with E-state index in [1.165, 1.54) is 11.0 Å². The average Bonchev–Trinajstić information content (AvgIpc) is 2.82. The summed E-state index contributed by atoms with van der Waals surface area (Å²) in [6, 6.07) is 3.09. The summed E-state index contributed by atoms with van der Waals surface area (Å²) in [6.45, 7) is 6.29. The number of hydrogen-bond acceptors (Lipinski definition) is 2. The summed E-state index contributed by atoms with van der Waals surface area (Å²) >= 11 is 0. The highest BCUT2D eigenvalue weighted by atomic mass is 19.1. The van der Waals surface area contributed by atoms with Gasteiger partial charge in [0.15, 0.2) is 11.6 Å². The van der Waals surface area contributed by atoms with E-state index in [1.54, 1.807) is 0 Å². The molecule has 6 heteroatoms. The van der Waals surface area contributed by atoms with Crippen LogP contribution in [0.25, 0.3) is 0 Å². The van der Waals surface area contributed by atoms with Crippen molar-refractivity contribution in [3.63, 3.8) is 0 Å². The number of hydrogen-bond donors (Lipinski definition) is 1. The van der Waals surface area contributed by atoms with Crippen LogP contribution in [0.15, 0.2) is 18.2 Å². The fraction of sp³-hybridized carbons (Fsp3) is 0.562. The molecular weight excluding hydrogens is 292 g/mol. The fourth-order valence-electron chi connectivity index (χ4n) is 3.09. The number of likely N-dealkylation sites (tertiary alicyclic amines) is 1. The molecule has 0 saturated carbocycles. The quantitative estimate of drug-likeness (QED) is 0.920. The van der Waals surface area contributed by atoms with Crippen molar-refractivity contribution in [2.75, 3.05) is 13.2 Å². The number of carboxylic acid groups (broad SMARTS) is 1. The van der Waals surface area contributed by atoms with Gasteiger partial charge in [-0.05, 0) is 30.4 Å². The summed E-state index contributed by atoms with van der Waals surface area (Å²) in [5, 5.41) is 9.45. The molecule has 4 nitrogen and oxygen atoms in total. The number of nitrogens with zero attached hydrogens (tertiary/aromatic N) is 1. The second-order valence-electron chi connectivity index (χ2n) is 6.68. The topological polar surface area (TPSA) is 49.8 Å². The Bertz CT molecular complexity index is 571. The van der Waals surface area contributed by atoms with E-state index < -0.39 is 23.3 Å². The summed E-state index contributed by atoms with van der Waals surface area (Å²) in [6.07, 6.45) is 0.375. The van der Waals surface area contributed by atoms with Crippen LogP contribution in [0.1, 0.15) is 33.6 Å². The van der Waals surface area contributed by atoms with Crippen LogP contribution in [-0.4, -0.2) is 34.8 Å². The predicted molar refractivity (Wildman–Crippen MR) is 78.0 cm³/mol. The third-order valence-electron chi connectivity index (χ3n) is 4.48. The van der Waals surface area contributed by atoms with Crippen molar-refractivity contribution in [3.8, 4) is 5.75 Å². The van der Waals surface area contributed by atoms with Gasteiger partial charge in [0.25, 0.3) is 0 Å². The molecule has 1 heterocycles. The molecule has 0 aromatic heterocycles. The predicted octanol–water partition coefficient (Wildman–Crippen LogP) is 3.90. The first kappa shape index (κ1) is 16.5. The maximum atomic E-state index is 13.7. The Hall–Kier alpha value is -1.85. The number of carbonyl (C=O) groups is 1. The van der Waals surface area contributed by atoms with E-state index in [0.29, 0.717) is 13.0 Å². The van der Waals surface area contributed by atoms with Gasteiger partial charge in [-0.1, -0.05) is 20.8 Å². The first-order chi connectivity index (χ1) is 10.2. The molecule has 122 valence electrons. The molecule has 22 heavy (non-hydrogen) atoms. The lowest BCUT2D eigenvalue weighted by molar-refractivity contribution is -0.00455. The number of ether oxygens (including phenoxy) is 1. The van der Waals surface area contributed by atoms with Crippen LogP contribution in [0.5, 0.6) is 5.75 Å². The first-order valence-electron chi connectivity index (χ1n) is 7.26. The maximum Gasteiger partial charge on any atom is 0.407 e. The lowest BCUT2D eigenvalue weighted by Gasteiger charge is -2.46. The van der Waals surface area contributed by atoms with E-state index >= 15 is 0 Å². The smallest absolute Gasteiger partial charge is 0.407 e.